The van der Waals surface area contributed by atoms with E-state index < -0.39 is 0 Å². The zero-order chi connectivity index (χ0) is 23.9. The molecule has 0 aliphatic carbocycles. The van der Waals surface area contributed by atoms with Crippen LogP contribution >= 0.6 is 0 Å². The van der Waals surface area contributed by atoms with Crippen LogP contribution in [-0.4, -0.2) is 48.8 Å². The van der Waals surface area contributed by atoms with E-state index in [2.05, 4.69) is 35.6 Å². The van der Waals surface area contributed by atoms with Gasteiger partial charge in [-0.05, 0) is 66.4 Å². The molecule has 170 valence electrons. The van der Waals surface area contributed by atoms with Crippen molar-refractivity contribution < 1.29 is 19.4 Å². The first-order valence-electron chi connectivity index (χ1n) is 10.8. The van der Waals surface area contributed by atoms with Crippen LogP contribution in [-0.2, 0) is 9.47 Å². The molecule has 0 saturated carbocycles. The van der Waals surface area contributed by atoms with Gasteiger partial charge in [-0.15, -0.1) is 0 Å². The molecule has 2 N–H and O–H groups in total. The molecule has 1 amide bonds. The number of likely N-dealkylation sites (tertiary alicyclic amines) is 1. The Morgan fingerprint density at radius 2 is 1.74 bits per heavy atom. The third kappa shape index (κ3) is 5.50. The van der Waals surface area contributed by atoms with Crippen LogP contribution in [0.3, 0.4) is 0 Å². The molecule has 0 unspecified atom stereocenters. The molecule has 1 saturated heterocycles. The maximum absolute atomic E-state index is 12.4. The van der Waals surface area contributed by atoms with Crippen LogP contribution in [0.1, 0.15) is 21.5 Å². The van der Waals surface area contributed by atoms with Gasteiger partial charge in [-0.25, -0.2) is 0 Å². The van der Waals surface area contributed by atoms with Crippen molar-refractivity contribution in [2.24, 2.45) is 0 Å². The highest BCUT2D eigenvalue weighted by molar-refractivity contribution is 5.94. The maximum Gasteiger partial charge on any atom is 0.254 e. The normalized spacial score (nSPS) is 14.9. The van der Waals surface area contributed by atoms with Gasteiger partial charge < -0.3 is 24.8 Å². The van der Waals surface area contributed by atoms with Crippen LogP contribution in [0.15, 0.2) is 84.5 Å². The zero-order valence-corrected chi connectivity index (χ0v) is 18.8. The number of rotatable bonds is 5. The number of amides is 1. The number of hydrogen-bond donors (Lipinski definition) is 2. The Balaban J connectivity index is 1.29. The molecule has 6 nitrogen and oxygen atoms in total. The van der Waals surface area contributed by atoms with Gasteiger partial charge in [0.05, 0.1) is 18.9 Å². The summed E-state index contributed by atoms with van der Waals surface area (Å²) in [7, 11) is 1.66. The molecule has 2 aliphatic rings. The largest absolute Gasteiger partial charge is 0.504 e. The lowest BCUT2D eigenvalue weighted by atomic mass is 10.1. The number of anilines is 1. The van der Waals surface area contributed by atoms with E-state index in [0.29, 0.717) is 36.5 Å². The number of allylic oxidation sites excluding steroid dienone is 1. The van der Waals surface area contributed by atoms with E-state index >= 15 is 0 Å². The standard InChI is InChI=1S/C28H24N2O4/c1-20-15-16-34-26(27(20)31)17-29-24-13-9-22(10-14-24)6-4-3-5-21-7-11-23(12-8-21)28(32)30-18-25(19-30)33-2/h7-16,25,29,31H,1,17-19H2,2H3. The highest BCUT2D eigenvalue weighted by Gasteiger charge is 2.30. The predicted octanol–water partition coefficient (Wildman–Crippen LogP) is 3.84. The van der Waals surface area contributed by atoms with Gasteiger partial charge >= 0.3 is 0 Å². The van der Waals surface area contributed by atoms with Crippen LogP contribution < -0.4 is 5.32 Å². The molecule has 4 rings (SSSR count). The van der Waals surface area contributed by atoms with Crippen LogP contribution in [0.2, 0.25) is 0 Å². The van der Waals surface area contributed by atoms with Crippen molar-refractivity contribution in [2.45, 2.75) is 6.10 Å². The number of aliphatic hydroxyl groups is 1. The van der Waals surface area contributed by atoms with Gasteiger partial charge in [0.1, 0.15) is 0 Å². The number of benzene rings is 2. The molecular formula is C28H24N2O4. The summed E-state index contributed by atoms with van der Waals surface area (Å²) in [5, 5.41) is 13.1. The highest BCUT2D eigenvalue weighted by Crippen LogP contribution is 2.19. The third-order valence-electron chi connectivity index (χ3n) is 5.46. The summed E-state index contributed by atoms with van der Waals surface area (Å²) in [6.45, 7) is 5.35. The summed E-state index contributed by atoms with van der Waals surface area (Å²) < 4.78 is 10.5. The van der Waals surface area contributed by atoms with Crippen LogP contribution in [0.4, 0.5) is 5.69 Å². The first-order chi connectivity index (χ1) is 16.5. The summed E-state index contributed by atoms with van der Waals surface area (Å²) >= 11 is 0. The van der Waals surface area contributed by atoms with Crippen molar-refractivity contribution in [3.63, 3.8) is 0 Å². The lowest BCUT2D eigenvalue weighted by Gasteiger charge is -2.38. The fraction of sp³-hybridized carbons (Fsp3) is 0.179. The van der Waals surface area contributed by atoms with E-state index in [-0.39, 0.29) is 17.8 Å². The molecular weight excluding hydrogens is 428 g/mol. The minimum Gasteiger partial charge on any atom is -0.504 e. The Hall–Kier alpha value is -4.39. The first kappa shape index (κ1) is 22.8. The fourth-order valence-corrected chi connectivity index (χ4v) is 3.33. The van der Waals surface area contributed by atoms with Crippen LogP contribution in [0, 0.1) is 23.7 Å². The summed E-state index contributed by atoms with van der Waals surface area (Å²) in [6.07, 6.45) is 3.25. The number of carbonyl (C=O) groups excluding carboxylic acids is 1. The van der Waals surface area contributed by atoms with E-state index in [1.54, 1.807) is 30.2 Å². The van der Waals surface area contributed by atoms with Crippen molar-refractivity contribution >= 4 is 11.6 Å². The Labute approximate surface area is 199 Å². The number of carbonyl (C=O) groups is 1. The molecule has 0 bridgehead atoms. The first-order valence-corrected chi connectivity index (χ1v) is 10.8. The highest BCUT2D eigenvalue weighted by atomic mass is 16.5. The van der Waals surface area contributed by atoms with Crippen LogP contribution in [0.25, 0.3) is 0 Å². The second-order valence-electron chi connectivity index (χ2n) is 7.79. The van der Waals surface area contributed by atoms with Crippen molar-refractivity contribution in [2.75, 3.05) is 32.1 Å². The molecule has 0 aromatic heterocycles. The molecule has 2 aliphatic heterocycles. The van der Waals surface area contributed by atoms with E-state index in [1.807, 2.05) is 36.4 Å². The number of methoxy groups -OCH3 is 1. The third-order valence-corrected chi connectivity index (χ3v) is 5.46. The van der Waals surface area contributed by atoms with Gasteiger partial charge in [0, 0.05) is 48.2 Å². The molecule has 2 aromatic rings. The molecule has 1 fully saturated rings. The number of nitrogens with zero attached hydrogens (tertiary/aromatic N) is 1. The van der Waals surface area contributed by atoms with Crippen LogP contribution in [0.5, 0.6) is 0 Å². The molecule has 0 spiro atoms. The summed E-state index contributed by atoms with van der Waals surface area (Å²) in [5.74, 6) is 12.2. The smallest absolute Gasteiger partial charge is 0.254 e. The molecule has 2 heterocycles. The quantitative estimate of drug-likeness (QED) is 0.675. The van der Waals surface area contributed by atoms with Gasteiger partial charge in [0.2, 0.25) is 0 Å². The van der Waals surface area contributed by atoms with E-state index in [9.17, 15) is 9.90 Å². The Bertz CT molecular complexity index is 1260. The molecule has 34 heavy (non-hydrogen) atoms. The SMILES string of the molecule is C=C1C=COC(CNc2ccc(C#CC#Cc3ccc(C(=O)N4CC(OC)C4)cc3)cc2)=C1O. The Kier molecular flexibility index (Phi) is 7.03. The molecule has 0 atom stereocenters. The van der Waals surface area contributed by atoms with Gasteiger partial charge in [-0.2, -0.15) is 0 Å². The minimum atomic E-state index is 0.00706. The van der Waals surface area contributed by atoms with Gasteiger partial charge in [-0.3, -0.25) is 4.79 Å². The number of nitrogens with one attached hydrogen (secondary N) is 1. The lowest BCUT2D eigenvalue weighted by molar-refractivity contribution is -0.0191. The topological polar surface area (TPSA) is 71.0 Å². The Morgan fingerprint density at radius 1 is 1.12 bits per heavy atom. The van der Waals surface area contributed by atoms with Crippen molar-refractivity contribution in [3.8, 4) is 23.7 Å². The number of ether oxygens (including phenoxy) is 2. The molecule has 2 aromatic carbocycles. The van der Waals surface area contributed by atoms with Crippen molar-refractivity contribution in [1.82, 2.24) is 4.90 Å². The second kappa shape index (κ2) is 10.5. The fourth-order valence-electron chi connectivity index (χ4n) is 3.33. The summed E-state index contributed by atoms with van der Waals surface area (Å²) in [6, 6.07) is 14.8. The second-order valence-corrected chi connectivity index (χ2v) is 7.79. The van der Waals surface area contributed by atoms with Crippen molar-refractivity contribution in [3.05, 3.63) is 101 Å². The van der Waals surface area contributed by atoms with Gasteiger partial charge in [0.25, 0.3) is 5.91 Å². The minimum absolute atomic E-state index is 0.00706. The van der Waals surface area contributed by atoms with E-state index in [4.69, 9.17) is 9.47 Å². The molecule has 6 heteroatoms. The number of aliphatic hydroxyl groups excluding tert-OH is 1. The number of hydrogen-bond acceptors (Lipinski definition) is 5. The maximum atomic E-state index is 12.4. The molecule has 0 radical (unpaired) electrons. The average Bonchev–Trinajstić information content (AvgIpc) is 2.83. The van der Waals surface area contributed by atoms with Crippen molar-refractivity contribution in [1.29, 1.82) is 0 Å². The predicted molar refractivity (Wildman–Crippen MR) is 131 cm³/mol. The van der Waals surface area contributed by atoms with E-state index in [1.165, 1.54) is 6.26 Å². The zero-order valence-electron chi connectivity index (χ0n) is 18.8. The average molecular weight is 453 g/mol. The van der Waals surface area contributed by atoms with Gasteiger partial charge in [0.15, 0.2) is 11.5 Å². The lowest BCUT2D eigenvalue weighted by Crippen LogP contribution is -2.54. The van der Waals surface area contributed by atoms with E-state index in [0.717, 1.165) is 16.8 Å². The Morgan fingerprint density at radius 3 is 2.35 bits per heavy atom. The monoisotopic (exact) mass is 452 g/mol. The summed E-state index contributed by atoms with van der Waals surface area (Å²) in [5.41, 5.74) is 3.65. The van der Waals surface area contributed by atoms with Gasteiger partial charge in [-0.1, -0.05) is 18.4 Å². The summed E-state index contributed by atoms with van der Waals surface area (Å²) in [4.78, 5) is 14.1.